The van der Waals surface area contributed by atoms with Crippen LogP contribution in [0.15, 0.2) is 36.5 Å². The highest BCUT2D eigenvalue weighted by Crippen LogP contribution is 2.13. The monoisotopic (exact) mass is 720 g/mol. The van der Waals surface area contributed by atoms with Crippen molar-refractivity contribution in [2.24, 2.45) is 0 Å². The molecule has 51 heavy (non-hydrogen) atoms. The van der Waals surface area contributed by atoms with Gasteiger partial charge in [0.05, 0.1) is 40.3 Å². The van der Waals surface area contributed by atoms with Crippen LogP contribution in [-0.2, 0) is 28.6 Å². The molecule has 0 amide bonds. The van der Waals surface area contributed by atoms with Crippen LogP contribution >= 0.6 is 0 Å². The van der Waals surface area contributed by atoms with Gasteiger partial charge < -0.3 is 28.6 Å². The molecule has 0 bridgehead atoms. The SMILES string of the molecule is CCCCC/C=C/C=C/CCCCCCCCCCCCC(=O)OCC(COCCC(C(=O)[O-])[N+](C)(C)C)OC(=O)CC/C=C/CCCCCC. The second-order valence-corrected chi connectivity index (χ2v) is 14.9. The first-order valence-electron chi connectivity index (χ1n) is 20.5. The van der Waals surface area contributed by atoms with Gasteiger partial charge in [0.15, 0.2) is 6.10 Å². The first-order valence-corrected chi connectivity index (χ1v) is 20.5. The minimum atomic E-state index is -1.13. The molecule has 0 aromatic heterocycles. The van der Waals surface area contributed by atoms with Gasteiger partial charge in [-0.1, -0.05) is 134 Å². The summed E-state index contributed by atoms with van der Waals surface area (Å²) in [7, 11) is 5.38. The van der Waals surface area contributed by atoms with Gasteiger partial charge in [-0.15, -0.1) is 0 Å². The Balaban J connectivity index is 4.27. The number of allylic oxidation sites excluding steroid dienone is 6. The molecule has 8 nitrogen and oxygen atoms in total. The molecule has 0 saturated heterocycles. The van der Waals surface area contributed by atoms with Crippen molar-refractivity contribution in [3.63, 3.8) is 0 Å². The van der Waals surface area contributed by atoms with E-state index in [-0.39, 0.29) is 49.1 Å². The Hall–Kier alpha value is -2.45. The molecule has 0 aliphatic heterocycles. The van der Waals surface area contributed by atoms with E-state index in [1.807, 2.05) is 6.08 Å². The van der Waals surface area contributed by atoms with E-state index in [1.54, 1.807) is 21.1 Å². The molecule has 0 N–H and O–H groups in total. The van der Waals surface area contributed by atoms with Gasteiger partial charge in [-0.25, -0.2) is 0 Å². The van der Waals surface area contributed by atoms with Crippen LogP contribution in [-0.4, -0.2) is 75.5 Å². The summed E-state index contributed by atoms with van der Waals surface area (Å²) < 4.78 is 17.0. The molecular formula is C43H77NO7. The molecule has 8 heteroatoms. The highest BCUT2D eigenvalue weighted by Gasteiger charge is 2.25. The quantitative estimate of drug-likeness (QED) is 0.0209. The van der Waals surface area contributed by atoms with E-state index in [9.17, 15) is 19.5 Å². The van der Waals surface area contributed by atoms with Crippen LogP contribution in [0, 0.1) is 0 Å². The topological polar surface area (TPSA) is 102 Å². The average Bonchev–Trinajstić information content (AvgIpc) is 3.08. The van der Waals surface area contributed by atoms with E-state index in [4.69, 9.17) is 14.2 Å². The molecule has 0 aromatic carbocycles. The highest BCUT2D eigenvalue weighted by molar-refractivity contribution is 5.70. The third-order valence-corrected chi connectivity index (χ3v) is 9.04. The number of unbranched alkanes of at least 4 members (excludes halogenated alkanes) is 17. The Labute approximate surface area is 313 Å². The number of hydrogen-bond donors (Lipinski definition) is 0. The second-order valence-electron chi connectivity index (χ2n) is 14.9. The van der Waals surface area contributed by atoms with Crippen molar-refractivity contribution >= 4 is 17.9 Å². The molecule has 0 aliphatic rings. The largest absolute Gasteiger partial charge is 0.544 e. The third kappa shape index (κ3) is 33.2. The summed E-state index contributed by atoms with van der Waals surface area (Å²) in [4.78, 5) is 36.6. The number of carbonyl (C=O) groups excluding carboxylic acids is 3. The molecule has 0 rings (SSSR count). The maximum atomic E-state index is 12.5. The smallest absolute Gasteiger partial charge is 0.306 e. The van der Waals surface area contributed by atoms with Crippen LogP contribution in [0.3, 0.4) is 0 Å². The predicted molar refractivity (Wildman–Crippen MR) is 208 cm³/mol. The lowest BCUT2D eigenvalue weighted by atomic mass is 10.1. The minimum absolute atomic E-state index is 0.0249. The Bertz CT molecular complexity index is 937. The number of carboxylic acids is 1. The maximum Gasteiger partial charge on any atom is 0.306 e. The van der Waals surface area contributed by atoms with E-state index in [2.05, 4.69) is 44.2 Å². The zero-order chi connectivity index (χ0) is 37.8. The van der Waals surface area contributed by atoms with E-state index in [1.165, 1.54) is 96.3 Å². The van der Waals surface area contributed by atoms with Crippen molar-refractivity contribution in [2.75, 3.05) is 41.0 Å². The summed E-state index contributed by atoms with van der Waals surface area (Å²) in [5, 5.41) is 11.6. The van der Waals surface area contributed by atoms with Crippen molar-refractivity contribution in [1.82, 2.24) is 0 Å². The number of hydrogen-bond acceptors (Lipinski definition) is 7. The van der Waals surface area contributed by atoms with Crippen LogP contribution in [0.25, 0.3) is 0 Å². The molecule has 0 heterocycles. The van der Waals surface area contributed by atoms with Gasteiger partial charge >= 0.3 is 11.9 Å². The lowest BCUT2D eigenvalue weighted by Gasteiger charge is -2.34. The van der Waals surface area contributed by atoms with Gasteiger partial charge in [0.2, 0.25) is 0 Å². The summed E-state index contributed by atoms with van der Waals surface area (Å²) in [6.45, 7) is 4.53. The molecule has 0 aromatic rings. The van der Waals surface area contributed by atoms with Crippen molar-refractivity contribution in [1.29, 1.82) is 0 Å². The Kier molecular flexibility index (Phi) is 33.0. The molecule has 0 spiro atoms. The normalized spacial score (nSPS) is 13.4. The van der Waals surface area contributed by atoms with Crippen molar-refractivity contribution in [3.05, 3.63) is 36.5 Å². The lowest BCUT2D eigenvalue weighted by molar-refractivity contribution is -0.889. The number of carbonyl (C=O) groups is 3. The van der Waals surface area contributed by atoms with Crippen LogP contribution in [0.2, 0.25) is 0 Å². The van der Waals surface area contributed by atoms with Crippen LogP contribution < -0.4 is 5.11 Å². The van der Waals surface area contributed by atoms with Gasteiger partial charge in [0, 0.05) is 19.3 Å². The summed E-state index contributed by atoms with van der Waals surface area (Å²) in [6, 6.07) is -0.729. The standard InChI is InChI=1S/C43H77NO7/c1-6-8-10-12-14-16-17-18-19-20-21-22-23-24-25-26-28-29-31-33-41(45)50-38-39(37-49-36-35-40(43(47)48)44(3,4)5)51-42(46)34-32-30-27-15-13-11-9-7-2/h14,16-18,27,30,39-40H,6-13,15,19-26,28-29,31-38H2,1-5H3/b16-14+,18-17+,30-27+. The average molecular weight is 720 g/mol. The Morgan fingerprint density at radius 1 is 0.588 bits per heavy atom. The van der Waals surface area contributed by atoms with E-state index in [0.717, 1.165) is 32.1 Å². The van der Waals surface area contributed by atoms with Crippen LogP contribution in [0.1, 0.15) is 168 Å². The van der Waals surface area contributed by atoms with Crippen LogP contribution in [0.5, 0.6) is 0 Å². The number of nitrogens with zero attached hydrogens (tertiary/aromatic N) is 1. The van der Waals surface area contributed by atoms with Crippen molar-refractivity contribution < 1.29 is 38.2 Å². The van der Waals surface area contributed by atoms with E-state index < -0.39 is 18.1 Å². The van der Waals surface area contributed by atoms with Gasteiger partial charge in [-0.2, -0.15) is 0 Å². The molecular weight excluding hydrogens is 642 g/mol. The number of esters is 2. The van der Waals surface area contributed by atoms with Gasteiger partial charge in [-0.05, 0) is 51.4 Å². The van der Waals surface area contributed by atoms with Crippen molar-refractivity contribution in [3.8, 4) is 0 Å². The highest BCUT2D eigenvalue weighted by atomic mass is 16.6. The first kappa shape index (κ1) is 48.5. The third-order valence-electron chi connectivity index (χ3n) is 9.04. The number of aliphatic carboxylic acids is 1. The zero-order valence-electron chi connectivity index (χ0n) is 33.5. The molecule has 0 saturated carbocycles. The second kappa shape index (κ2) is 34.6. The zero-order valence-corrected chi connectivity index (χ0v) is 33.5. The van der Waals surface area contributed by atoms with Gasteiger partial charge in [0.1, 0.15) is 12.6 Å². The van der Waals surface area contributed by atoms with E-state index in [0.29, 0.717) is 12.8 Å². The predicted octanol–water partition coefficient (Wildman–Crippen LogP) is 9.35. The molecule has 0 radical (unpaired) electrons. The van der Waals surface area contributed by atoms with Crippen molar-refractivity contribution in [2.45, 2.75) is 180 Å². The minimum Gasteiger partial charge on any atom is -0.544 e. The molecule has 2 atom stereocenters. The van der Waals surface area contributed by atoms with Gasteiger partial charge in [0.25, 0.3) is 0 Å². The summed E-state index contributed by atoms with van der Waals surface area (Å²) in [6.07, 6.45) is 37.6. The lowest BCUT2D eigenvalue weighted by Crippen LogP contribution is -2.55. The fraction of sp³-hybridized carbons (Fsp3) is 0.791. The Morgan fingerprint density at radius 2 is 1.08 bits per heavy atom. The summed E-state index contributed by atoms with van der Waals surface area (Å²) in [5.41, 5.74) is 0. The number of rotatable bonds is 36. The number of carboxylic acid groups (broad SMARTS) is 1. The van der Waals surface area contributed by atoms with Crippen LogP contribution in [0.4, 0.5) is 0 Å². The van der Waals surface area contributed by atoms with Gasteiger partial charge in [-0.3, -0.25) is 9.59 Å². The fourth-order valence-corrected chi connectivity index (χ4v) is 5.78. The number of ether oxygens (including phenoxy) is 3. The molecule has 2 unspecified atom stereocenters. The molecule has 0 aliphatic carbocycles. The van der Waals surface area contributed by atoms with E-state index >= 15 is 0 Å². The fourth-order valence-electron chi connectivity index (χ4n) is 5.78. The number of quaternary nitrogens is 1. The Morgan fingerprint density at radius 3 is 1.65 bits per heavy atom. The maximum absolute atomic E-state index is 12.5. The number of likely N-dealkylation sites (N-methyl/N-ethyl adjacent to an activating group) is 1. The summed E-state index contributed by atoms with van der Waals surface area (Å²) in [5.74, 6) is -1.81. The first-order chi connectivity index (χ1) is 24.6. The summed E-state index contributed by atoms with van der Waals surface area (Å²) >= 11 is 0. The molecule has 296 valence electrons. The molecule has 0 fully saturated rings.